The summed E-state index contributed by atoms with van der Waals surface area (Å²) in [6.07, 6.45) is 1.00. The molecular formula is C26H29F3N6O4. The Morgan fingerprint density at radius 3 is 2.59 bits per heavy atom. The molecule has 1 aliphatic carbocycles. The molecule has 0 radical (unpaired) electrons. The van der Waals surface area contributed by atoms with Crippen LogP contribution in [-0.4, -0.2) is 51.1 Å². The zero-order valence-corrected chi connectivity index (χ0v) is 21.4. The molecule has 0 saturated heterocycles. The fourth-order valence-corrected chi connectivity index (χ4v) is 4.49. The molecule has 208 valence electrons. The van der Waals surface area contributed by atoms with Crippen molar-refractivity contribution in [2.24, 2.45) is 5.92 Å². The monoisotopic (exact) mass is 546 g/mol. The standard InChI is InChI=1S/C26H29F3N6O4/c1-16(19-10-13-30-33-24(19)38-2)35-14-20(22(27)34-35)31-23(36)21(18-8-11-26(28,29)12-9-18)32-25(37)39-15-17-6-4-3-5-7-17/h3-7,10,13-14,16,18,21H,8-9,11-12,15H2,1-2H3,(H,31,36)(H,32,37). The van der Waals surface area contributed by atoms with Gasteiger partial charge in [-0.2, -0.15) is 9.49 Å². The van der Waals surface area contributed by atoms with Crippen molar-refractivity contribution in [2.45, 2.75) is 57.2 Å². The third-order valence-electron chi connectivity index (χ3n) is 6.70. The van der Waals surface area contributed by atoms with Crippen molar-refractivity contribution in [3.8, 4) is 5.88 Å². The van der Waals surface area contributed by atoms with E-state index in [2.05, 4.69) is 25.9 Å². The maximum Gasteiger partial charge on any atom is 0.408 e. The van der Waals surface area contributed by atoms with Crippen molar-refractivity contribution >= 4 is 17.7 Å². The quantitative estimate of drug-likeness (QED) is 0.406. The van der Waals surface area contributed by atoms with Crippen molar-refractivity contribution in [1.82, 2.24) is 25.3 Å². The molecule has 1 aromatic carbocycles. The predicted octanol–water partition coefficient (Wildman–Crippen LogP) is 4.49. The van der Waals surface area contributed by atoms with Gasteiger partial charge >= 0.3 is 6.09 Å². The number of alkyl halides is 2. The van der Waals surface area contributed by atoms with Gasteiger partial charge in [-0.25, -0.2) is 13.6 Å². The number of anilines is 1. The molecule has 39 heavy (non-hydrogen) atoms. The summed E-state index contributed by atoms with van der Waals surface area (Å²) < 4.78 is 54.1. The number of amides is 2. The summed E-state index contributed by atoms with van der Waals surface area (Å²) in [5.74, 6) is -4.93. The van der Waals surface area contributed by atoms with Gasteiger partial charge in [-0.1, -0.05) is 30.3 Å². The summed E-state index contributed by atoms with van der Waals surface area (Å²) in [5, 5.41) is 16.4. The van der Waals surface area contributed by atoms with Gasteiger partial charge < -0.3 is 20.1 Å². The van der Waals surface area contributed by atoms with Gasteiger partial charge in [0.1, 0.15) is 18.3 Å². The second kappa shape index (κ2) is 12.1. The minimum absolute atomic E-state index is 0.00231. The van der Waals surface area contributed by atoms with Gasteiger partial charge in [-0.05, 0) is 37.3 Å². The van der Waals surface area contributed by atoms with Crippen LogP contribution in [-0.2, 0) is 16.1 Å². The van der Waals surface area contributed by atoms with Crippen LogP contribution in [0.3, 0.4) is 0 Å². The average molecular weight is 547 g/mol. The Labute approximate surface area is 222 Å². The van der Waals surface area contributed by atoms with Crippen molar-refractivity contribution in [3.05, 3.63) is 65.9 Å². The predicted molar refractivity (Wildman–Crippen MR) is 134 cm³/mol. The summed E-state index contributed by atoms with van der Waals surface area (Å²) in [4.78, 5) is 25.8. The SMILES string of the molecule is COc1nnccc1C(C)n1cc(NC(=O)C(NC(=O)OCc2ccccc2)C2CCC(F)(F)CC2)c(F)n1. The first-order valence-corrected chi connectivity index (χ1v) is 12.4. The van der Waals surface area contributed by atoms with Crippen LogP contribution >= 0.6 is 0 Å². The van der Waals surface area contributed by atoms with E-state index in [0.717, 1.165) is 5.56 Å². The summed E-state index contributed by atoms with van der Waals surface area (Å²) in [7, 11) is 1.43. The van der Waals surface area contributed by atoms with E-state index in [1.165, 1.54) is 24.2 Å². The number of aromatic nitrogens is 4. The zero-order chi connectivity index (χ0) is 28.0. The summed E-state index contributed by atoms with van der Waals surface area (Å²) in [6.45, 7) is 1.68. The molecule has 1 aliphatic rings. The average Bonchev–Trinajstić information content (AvgIpc) is 3.30. The van der Waals surface area contributed by atoms with Gasteiger partial charge in [0.15, 0.2) is 0 Å². The number of nitrogens with zero attached hydrogens (tertiary/aromatic N) is 4. The Hall–Kier alpha value is -4.16. The summed E-state index contributed by atoms with van der Waals surface area (Å²) in [5.41, 5.74) is 1.07. The van der Waals surface area contributed by atoms with E-state index >= 15 is 0 Å². The number of hydrogen-bond acceptors (Lipinski definition) is 7. The lowest BCUT2D eigenvalue weighted by atomic mass is 9.81. The number of benzene rings is 1. The highest BCUT2D eigenvalue weighted by atomic mass is 19.3. The smallest absolute Gasteiger partial charge is 0.408 e. The highest BCUT2D eigenvalue weighted by Gasteiger charge is 2.40. The molecular weight excluding hydrogens is 517 g/mol. The largest absolute Gasteiger partial charge is 0.480 e. The molecule has 13 heteroatoms. The summed E-state index contributed by atoms with van der Waals surface area (Å²) >= 11 is 0. The van der Waals surface area contributed by atoms with Crippen LogP contribution in [0.2, 0.25) is 0 Å². The Morgan fingerprint density at radius 2 is 1.90 bits per heavy atom. The number of carbonyl (C=O) groups excluding carboxylic acids is 2. The first-order valence-electron chi connectivity index (χ1n) is 12.4. The Kier molecular flexibility index (Phi) is 8.67. The van der Waals surface area contributed by atoms with E-state index in [1.807, 2.05) is 6.07 Å². The van der Waals surface area contributed by atoms with Crippen LogP contribution in [0.15, 0.2) is 48.8 Å². The lowest BCUT2D eigenvalue weighted by Crippen LogP contribution is -2.50. The maximum atomic E-state index is 14.8. The van der Waals surface area contributed by atoms with Crippen LogP contribution in [0.5, 0.6) is 5.88 Å². The van der Waals surface area contributed by atoms with Crippen LogP contribution in [0.4, 0.5) is 23.7 Å². The van der Waals surface area contributed by atoms with Crippen LogP contribution in [0.25, 0.3) is 0 Å². The van der Waals surface area contributed by atoms with E-state index < -0.39 is 54.7 Å². The van der Waals surface area contributed by atoms with E-state index in [-0.39, 0.29) is 31.0 Å². The van der Waals surface area contributed by atoms with E-state index in [4.69, 9.17) is 9.47 Å². The van der Waals surface area contributed by atoms with E-state index in [9.17, 15) is 22.8 Å². The van der Waals surface area contributed by atoms with Gasteiger partial charge in [-0.3, -0.25) is 9.48 Å². The molecule has 2 atom stereocenters. The second-order valence-corrected chi connectivity index (χ2v) is 9.35. The van der Waals surface area contributed by atoms with Gasteiger partial charge in [0.25, 0.3) is 5.95 Å². The first-order chi connectivity index (χ1) is 18.7. The maximum absolute atomic E-state index is 14.8. The molecule has 2 heterocycles. The van der Waals surface area contributed by atoms with Crippen molar-refractivity contribution in [3.63, 3.8) is 0 Å². The minimum atomic E-state index is -2.84. The fourth-order valence-electron chi connectivity index (χ4n) is 4.49. The topological polar surface area (TPSA) is 120 Å². The Balaban J connectivity index is 1.48. The second-order valence-electron chi connectivity index (χ2n) is 9.35. The highest BCUT2D eigenvalue weighted by molar-refractivity contribution is 5.96. The van der Waals surface area contributed by atoms with Crippen LogP contribution < -0.4 is 15.4 Å². The molecule has 2 amide bonds. The third kappa shape index (κ3) is 7.03. The van der Waals surface area contributed by atoms with E-state index in [1.54, 1.807) is 37.3 Å². The minimum Gasteiger partial charge on any atom is -0.480 e. The number of alkyl carbamates (subject to hydrolysis) is 1. The van der Waals surface area contributed by atoms with Crippen molar-refractivity contribution in [1.29, 1.82) is 0 Å². The van der Waals surface area contributed by atoms with Gasteiger partial charge in [0.2, 0.25) is 17.7 Å². The lowest BCUT2D eigenvalue weighted by Gasteiger charge is -2.33. The van der Waals surface area contributed by atoms with Crippen LogP contribution in [0.1, 0.15) is 49.8 Å². The van der Waals surface area contributed by atoms with E-state index in [0.29, 0.717) is 5.56 Å². The molecule has 2 unspecified atom stereocenters. The molecule has 0 spiro atoms. The molecule has 0 bridgehead atoms. The number of nitrogens with one attached hydrogen (secondary N) is 2. The zero-order valence-electron chi connectivity index (χ0n) is 21.4. The molecule has 1 fully saturated rings. The molecule has 3 aromatic rings. The normalized spacial score (nSPS) is 16.6. The number of hydrogen-bond donors (Lipinski definition) is 2. The third-order valence-corrected chi connectivity index (χ3v) is 6.70. The molecule has 0 aliphatic heterocycles. The van der Waals surface area contributed by atoms with Gasteiger partial charge in [0, 0.05) is 18.4 Å². The molecule has 4 rings (SSSR count). The Morgan fingerprint density at radius 1 is 1.18 bits per heavy atom. The van der Waals surface area contributed by atoms with Gasteiger partial charge in [0.05, 0.1) is 25.5 Å². The number of rotatable bonds is 9. The Bertz CT molecular complexity index is 1280. The fraction of sp³-hybridized carbons (Fsp3) is 0.423. The lowest BCUT2D eigenvalue weighted by molar-refractivity contribution is -0.121. The first kappa shape index (κ1) is 27.9. The van der Waals surface area contributed by atoms with Crippen molar-refractivity contribution in [2.75, 3.05) is 12.4 Å². The number of ether oxygens (including phenoxy) is 2. The highest BCUT2D eigenvalue weighted by Crippen LogP contribution is 2.38. The number of halogens is 3. The number of carbonyl (C=O) groups is 2. The molecule has 1 saturated carbocycles. The van der Waals surface area contributed by atoms with Crippen molar-refractivity contribution < 1.29 is 32.2 Å². The van der Waals surface area contributed by atoms with Crippen LogP contribution in [0, 0.1) is 11.9 Å². The summed E-state index contributed by atoms with van der Waals surface area (Å²) in [6, 6.07) is 8.80. The number of methoxy groups -OCH3 is 1. The molecule has 2 N–H and O–H groups in total. The van der Waals surface area contributed by atoms with Gasteiger partial charge in [-0.15, -0.1) is 10.2 Å². The molecule has 10 nitrogen and oxygen atoms in total. The molecule has 2 aromatic heterocycles.